The molecule has 0 radical (unpaired) electrons. The monoisotopic (exact) mass is 270 g/mol. The van der Waals surface area contributed by atoms with Crippen molar-refractivity contribution in [3.63, 3.8) is 0 Å². The van der Waals surface area contributed by atoms with E-state index in [0.29, 0.717) is 4.75 Å². The highest BCUT2D eigenvalue weighted by molar-refractivity contribution is 8.00. The molecule has 3 nitrogen and oxygen atoms in total. The molecule has 0 bridgehead atoms. The number of hydrogen-bond donors (Lipinski definition) is 0. The number of ketones is 1. The van der Waals surface area contributed by atoms with Crippen LogP contribution in [0, 0.1) is 0 Å². The Labute approximate surface area is 111 Å². The summed E-state index contributed by atoms with van der Waals surface area (Å²) in [5, 5.41) is 0.994. The van der Waals surface area contributed by atoms with Crippen LogP contribution >= 0.6 is 23.1 Å². The second kappa shape index (κ2) is 4.98. The zero-order chi connectivity index (χ0) is 12.5. The summed E-state index contributed by atoms with van der Waals surface area (Å²) in [5.74, 6) is 1.24. The van der Waals surface area contributed by atoms with Crippen LogP contribution in [0.4, 0.5) is 5.13 Å². The molecule has 0 atom stereocenters. The molecule has 5 heteroatoms. The molecule has 94 valence electrons. The Balaban J connectivity index is 2.09. The molecular weight excluding hydrogens is 252 g/mol. The topological polar surface area (TPSA) is 33.2 Å². The SMILES string of the molecule is CC(=O)c1cnc(N2CCSC(C)(C)CC2)s1. The number of carbonyl (C=O) groups excluding carboxylic acids is 1. The molecule has 1 aliphatic heterocycles. The maximum atomic E-state index is 11.3. The van der Waals surface area contributed by atoms with Crippen LogP contribution < -0.4 is 4.90 Å². The van der Waals surface area contributed by atoms with Gasteiger partial charge in [-0.25, -0.2) is 4.98 Å². The molecule has 1 saturated heterocycles. The molecule has 17 heavy (non-hydrogen) atoms. The van der Waals surface area contributed by atoms with Crippen LogP contribution in [0.25, 0.3) is 0 Å². The summed E-state index contributed by atoms with van der Waals surface area (Å²) in [6, 6.07) is 0. The van der Waals surface area contributed by atoms with Crippen LogP contribution in [0.3, 0.4) is 0 Å². The maximum absolute atomic E-state index is 11.3. The molecule has 0 saturated carbocycles. The van der Waals surface area contributed by atoms with Crippen LogP contribution in [-0.4, -0.2) is 34.4 Å². The number of Topliss-reactive ketones (excluding diaryl/α,β-unsaturated/α-hetero) is 1. The Bertz CT molecular complexity index is 414. The first-order valence-corrected chi connectivity index (χ1v) is 7.64. The summed E-state index contributed by atoms with van der Waals surface area (Å²) in [5.41, 5.74) is 0. The van der Waals surface area contributed by atoms with Crippen molar-refractivity contribution in [2.24, 2.45) is 0 Å². The summed E-state index contributed by atoms with van der Waals surface area (Å²) >= 11 is 3.53. The number of rotatable bonds is 2. The van der Waals surface area contributed by atoms with Gasteiger partial charge in [-0.3, -0.25) is 4.79 Å². The molecule has 0 amide bonds. The predicted molar refractivity (Wildman–Crippen MR) is 75.5 cm³/mol. The van der Waals surface area contributed by atoms with Gasteiger partial charge in [-0.2, -0.15) is 11.8 Å². The highest BCUT2D eigenvalue weighted by Crippen LogP contribution is 2.33. The van der Waals surface area contributed by atoms with Crippen molar-refractivity contribution < 1.29 is 4.79 Å². The lowest BCUT2D eigenvalue weighted by Crippen LogP contribution is -2.26. The largest absolute Gasteiger partial charge is 0.347 e. The zero-order valence-electron chi connectivity index (χ0n) is 10.5. The normalized spacial score (nSPS) is 20.1. The van der Waals surface area contributed by atoms with Crippen LogP contribution in [0.5, 0.6) is 0 Å². The van der Waals surface area contributed by atoms with Gasteiger partial charge in [-0.15, -0.1) is 0 Å². The van der Waals surface area contributed by atoms with E-state index >= 15 is 0 Å². The first-order valence-electron chi connectivity index (χ1n) is 5.84. The maximum Gasteiger partial charge on any atom is 0.185 e. The summed E-state index contributed by atoms with van der Waals surface area (Å²) < 4.78 is 0.357. The molecule has 0 unspecified atom stereocenters. The Morgan fingerprint density at radius 1 is 1.47 bits per heavy atom. The van der Waals surface area contributed by atoms with Crippen LogP contribution in [0.1, 0.15) is 36.9 Å². The van der Waals surface area contributed by atoms with Gasteiger partial charge in [0.15, 0.2) is 10.9 Å². The van der Waals surface area contributed by atoms with Gasteiger partial charge in [0, 0.05) is 30.5 Å². The van der Waals surface area contributed by atoms with Crippen molar-refractivity contribution in [2.75, 3.05) is 23.7 Å². The van der Waals surface area contributed by atoms with Crippen LogP contribution in [0.2, 0.25) is 0 Å². The fourth-order valence-electron chi connectivity index (χ4n) is 1.79. The van der Waals surface area contributed by atoms with Crippen LogP contribution in [0.15, 0.2) is 6.20 Å². The molecule has 1 aliphatic rings. The van der Waals surface area contributed by atoms with Gasteiger partial charge >= 0.3 is 0 Å². The number of thiazole rings is 1. The van der Waals surface area contributed by atoms with E-state index in [2.05, 4.69) is 23.7 Å². The van der Waals surface area contributed by atoms with E-state index in [0.717, 1.165) is 35.3 Å². The van der Waals surface area contributed by atoms with E-state index in [1.807, 2.05) is 11.8 Å². The van der Waals surface area contributed by atoms with E-state index in [4.69, 9.17) is 0 Å². The minimum Gasteiger partial charge on any atom is -0.347 e. The van der Waals surface area contributed by atoms with E-state index in [1.54, 1.807) is 13.1 Å². The van der Waals surface area contributed by atoms with Gasteiger partial charge in [-0.05, 0) is 6.42 Å². The second-order valence-electron chi connectivity index (χ2n) is 4.91. The number of thioether (sulfide) groups is 1. The highest BCUT2D eigenvalue weighted by Gasteiger charge is 2.25. The summed E-state index contributed by atoms with van der Waals surface area (Å²) in [6.45, 7) is 8.25. The third-order valence-corrected chi connectivity index (χ3v) is 5.48. The Morgan fingerprint density at radius 2 is 2.24 bits per heavy atom. The molecule has 0 spiro atoms. The molecule has 1 aromatic rings. The highest BCUT2D eigenvalue weighted by atomic mass is 32.2. The zero-order valence-corrected chi connectivity index (χ0v) is 12.2. The van der Waals surface area contributed by atoms with Gasteiger partial charge in [0.25, 0.3) is 0 Å². The number of nitrogens with zero attached hydrogens (tertiary/aromatic N) is 2. The van der Waals surface area contributed by atoms with Gasteiger partial charge in [0.2, 0.25) is 0 Å². The van der Waals surface area contributed by atoms with Crippen molar-refractivity contribution in [3.05, 3.63) is 11.1 Å². The van der Waals surface area contributed by atoms with Gasteiger partial charge < -0.3 is 4.90 Å². The number of anilines is 1. The Morgan fingerprint density at radius 3 is 2.88 bits per heavy atom. The van der Waals surface area contributed by atoms with Gasteiger partial charge in [0.1, 0.15) is 0 Å². The second-order valence-corrected chi connectivity index (χ2v) is 7.72. The first kappa shape index (κ1) is 12.9. The van der Waals surface area contributed by atoms with E-state index < -0.39 is 0 Å². The lowest BCUT2D eigenvalue weighted by Gasteiger charge is -2.22. The van der Waals surface area contributed by atoms with E-state index in [9.17, 15) is 4.79 Å². The lowest BCUT2D eigenvalue weighted by molar-refractivity contribution is 0.102. The first-order chi connectivity index (χ1) is 7.98. The smallest absolute Gasteiger partial charge is 0.185 e. The molecule has 2 heterocycles. The lowest BCUT2D eigenvalue weighted by atomic mass is 10.1. The predicted octanol–water partition coefficient (Wildman–Crippen LogP) is 3.07. The summed E-state index contributed by atoms with van der Waals surface area (Å²) in [6.07, 6.45) is 2.86. The molecule has 2 rings (SSSR count). The number of carbonyl (C=O) groups is 1. The third kappa shape index (κ3) is 3.22. The molecule has 1 fully saturated rings. The molecule has 1 aromatic heterocycles. The average Bonchev–Trinajstić information content (AvgIpc) is 2.65. The van der Waals surface area contributed by atoms with Crippen molar-refractivity contribution in [2.45, 2.75) is 31.9 Å². The van der Waals surface area contributed by atoms with Crippen LogP contribution in [-0.2, 0) is 0 Å². The molecular formula is C12H18N2OS2. The van der Waals surface area contributed by atoms with Crippen molar-refractivity contribution in [1.29, 1.82) is 0 Å². The standard InChI is InChI=1S/C12H18N2OS2/c1-9(15)10-8-13-11(17-10)14-5-4-12(2,3)16-7-6-14/h8H,4-7H2,1-3H3. The van der Waals surface area contributed by atoms with Crippen molar-refractivity contribution >= 4 is 34.0 Å². The summed E-state index contributed by atoms with van der Waals surface area (Å²) in [4.78, 5) is 18.7. The van der Waals surface area contributed by atoms with Gasteiger partial charge in [0.05, 0.1) is 11.1 Å². The fourth-order valence-corrected chi connectivity index (χ4v) is 3.75. The van der Waals surface area contributed by atoms with Crippen molar-refractivity contribution in [1.82, 2.24) is 4.98 Å². The van der Waals surface area contributed by atoms with E-state index in [-0.39, 0.29) is 5.78 Å². The van der Waals surface area contributed by atoms with Crippen molar-refractivity contribution in [3.8, 4) is 0 Å². The van der Waals surface area contributed by atoms with E-state index in [1.165, 1.54) is 11.3 Å². The molecule has 0 aliphatic carbocycles. The minimum absolute atomic E-state index is 0.110. The van der Waals surface area contributed by atoms with Gasteiger partial charge in [-0.1, -0.05) is 25.2 Å². The molecule has 0 aromatic carbocycles. The Hall–Kier alpha value is -0.550. The number of aromatic nitrogens is 1. The summed E-state index contributed by atoms with van der Waals surface area (Å²) in [7, 11) is 0. The Kier molecular flexibility index (Phi) is 3.78. The quantitative estimate of drug-likeness (QED) is 0.773. The minimum atomic E-state index is 0.110. The molecule has 0 N–H and O–H groups in total. The number of hydrogen-bond acceptors (Lipinski definition) is 5. The fraction of sp³-hybridized carbons (Fsp3) is 0.667. The third-order valence-electron chi connectivity index (χ3n) is 2.95. The average molecular weight is 270 g/mol.